The zero-order valence-corrected chi connectivity index (χ0v) is 17.2. The van der Waals surface area contributed by atoms with Crippen LogP contribution in [-0.4, -0.2) is 6.04 Å². The second kappa shape index (κ2) is 8.94. The number of nitrogens with zero attached hydrogens (tertiary/aromatic N) is 1. The molecule has 0 radical (unpaired) electrons. The molecule has 0 aliphatic carbocycles. The van der Waals surface area contributed by atoms with Gasteiger partial charge >= 0.3 is 0 Å². The third-order valence-electron chi connectivity index (χ3n) is 5.24. The lowest BCUT2D eigenvalue weighted by molar-refractivity contribution is 0.634. The van der Waals surface area contributed by atoms with Crippen molar-refractivity contribution in [3.05, 3.63) is 94.5 Å². The molecule has 3 aromatic carbocycles. The van der Waals surface area contributed by atoms with Crippen molar-refractivity contribution >= 4 is 11.4 Å². The van der Waals surface area contributed by atoms with Crippen molar-refractivity contribution in [1.82, 2.24) is 0 Å². The lowest BCUT2D eigenvalue weighted by Gasteiger charge is -2.22. The molecule has 1 heterocycles. The van der Waals surface area contributed by atoms with E-state index in [1.165, 1.54) is 33.5 Å². The standard InChI is InChI=1S/C16H18N2.C9H13N/c1-12-7-8-16-14(9-12)11-15(18(16)17)10-13-5-3-2-4-6-13;1-3-8-4-7(2)5-9(10)6-8/h2-9,15H,10-11,17H2,1H3;4-6H,3,10H2,1-2H3. The highest BCUT2D eigenvalue weighted by atomic mass is 15.4. The SMILES string of the molecule is CCc1cc(C)cc(N)c1.Cc1ccc2c(c1)CC(Cc1ccccc1)N2N. The third-order valence-corrected chi connectivity index (χ3v) is 5.24. The highest BCUT2D eigenvalue weighted by Gasteiger charge is 2.27. The Morgan fingerprint density at radius 3 is 2.32 bits per heavy atom. The summed E-state index contributed by atoms with van der Waals surface area (Å²) < 4.78 is 0. The number of rotatable bonds is 3. The average Bonchev–Trinajstić information content (AvgIpc) is 2.97. The number of benzene rings is 3. The van der Waals surface area contributed by atoms with E-state index in [0.717, 1.165) is 24.9 Å². The highest BCUT2D eigenvalue weighted by molar-refractivity contribution is 5.59. The molecule has 1 atom stereocenters. The summed E-state index contributed by atoms with van der Waals surface area (Å²) in [6.07, 6.45) is 3.11. The van der Waals surface area contributed by atoms with Gasteiger partial charge in [0.1, 0.15) is 0 Å². The van der Waals surface area contributed by atoms with Gasteiger partial charge in [-0.25, -0.2) is 5.84 Å². The Balaban J connectivity index is 0.000000192. The summed E-state index contributed by atoms with van der Waals surface area (Å²) in [5.74, 6) is 6.22. The van der Waals surface area contributed by atoms with E-state index < -0.39 is 0 Å². The van der Waals surface area contributed by atoms with Crippen molar-refractivity contribution in [1.29, 1.82) is 0 Å². The molecule has 28 heavy (non-hydrogen) atoms. The van der Waals surface area contributed by atoms with E-state index in [4.69, 9.17) is 11.6 Å². The predicted octanol–water partition coefficient (Wildman–Crippen LogP) is 4.98. The molecule has 4 N–H and O–H groups in total. The topological polar surface area (TPSA) is 55.3 Å². The number of nitrogens with two attached hydrogens (primary N) is 2. The van der Waals surface area contributed by atoms with Crippen molar-refractivity contribution in [3.63, 3.8) is 0 Å². The van der Waals surface area contributed by atoms with E-state index in [2.05, 4.69) is 75.4 Å². The molecule has 0 saturated carbocycles. The average molecular weight is 374 g/mol. The molecule has 1 unspecified atom stereocenters. The predicted molar refractivity (Wildman–Crippen MR) is 120 cm³/mol. The van der Waals surface area contributed by atoms with Crippen molar-refractivity contribution in [2.24, 2.45) is 5.84 Å². The van der Waals surface area contributed by atoms with Gasteiger partial charge in [0.25, 0.3) is 0 Å². The number of fused-ring (bicyclic) bond motifs is 1. The van der Waals surface area contributed by atoms with Crippen LogP contribution in [0.3, 0.4) is 0 Å². The largest absolute Gasteiger partial charge is 0.399 e. The van der Waals surface area contributed by atoms with E-state index in [1.807, 2.05) is 17.1 Å². The number of hydrazine groups is 1. The molecule has 0 spiro atoms. The molecule has 0 fully saturated rings. The van der Waals surface area contributed by atoms with Crippen molar-refractivity contribution in [3.8, 4) is 0 Å². The van der Waals surface area contributed by atoms with Gasteiger partial charge < -0.3 is 10.7 Å². The summed E-state index contributed by atoms with van der Waals surface area (Å²) in [4.78, 5) is 0. The maximum atomic E-state index is 6.22. The van der Waals surface area contributed by atoms with Crippen molar-refractivity contribution in [2.45, 2.75) is 46.1 Å². The Bertz CT molecular complexity index is 898. The molecule has 3 nitrogen and oxygen atoms in total. The Kier molecular flexibility index (Phi) is 6.37. The van der Waals surface area contributed by atoms with Crippen LogP contribution in [0.15, 0.2) is 66.7 Å². The van der Waals surface area contributed by atoms with E-state index in [1.54, 1.807) is 0 Å². The van der Waals surface area contributed by atoms with Gasteiger partial charge in [0, 0.05) is 5.69 Å². The first-order valence-electron chi connectivity index (χ1n) is 9.99. The molecule has 3 heteroatoms. The lowest BCUT2D eigenvalue weighted by atomic mass is 10.0. The number of aryl methyl sites for hydroxylation is 3. The van der Waals surface area contributed by atoms with Gasteiger partial charge in [0.2, 0.25) is 0 Å². The number of hydrogen-bond donors (Lipinski definition) is 2. The van der Waals surface area contributed by atoms with Crippen molar-refractivity contribution in [2.75, 3.05) is 10.7 Å². The summed E-state index contributed by atoms with van der Waals surface area (Å²) in [5, 5.41) is 1.93. The molecule has 0 aromatic heterocycles. The van der Waals surface area contributed by atoms with Gasteiger partial charge in [-0.05, 0) is 73.6 Å². The second-order valence-corrected chi connectivity index (χ2v) is 7.69. The van der Waals surface area contributed by atoms with E-state index in [9.17, 15) is 0 Å². The Labute approximate surface area is 169 Å². The molecular weight excluding hydrogens is 342 g/mol. The van der Waals surface area contributed by atoms with E-state index in [-0.39, 0.29) is 0 Å². The fraction of sp³-hybridized carbons (Fsp3) is 0.280. The van der Waals surface area contributed by atoms with Gasteiger partial charge in [-0.2, -0.15) is 0 Å². The van der Waals surface area contributed by atoms with Crippen LogP contribution >= 0.6 is 0 Å². The maximum Gasteiger partial charge on any atom is 0.0553 e. The number of anilines is 2. The van der Waals surface area contributed by atoms with Crippen LogP contribution in [-0.2, 0) is 19.3 Å². The van der Waals surface area contributed by atoms with E-state index in [0.29, 0.717) is 6.04 Å². The molecular formula is C25H31N3. The van der Waals surface area contributed by atoms with Crippen LogP contribution in [0, 0.1) is 13.8 Å². The lowest BCUT2D eigenvalue weighted by Crippen LogP contribution is -2.39. The summed E-state index contributed by atoms with van der Waals surface area (Å²) in [6, 6.07) is 23.6. The molecule has 3 aromatic rings. The normalized spacial score (nSPS) is 15.0. The second-order valence-electron chi connectivity index (χ2n) is 7.69. The fourth-order valence-electron chi connectivity index (χ4n) is 3.83. The van der Waals surface area contributed by atoms with Crippen LogP contribution in [0.4, 0.5) is 11.4 Å². The monoisotopic (exact) mass is 373 g/mol. The minimum absolute atomic E-state index is 0.379. The Morgan fingerprint density at radius 1 is 0.893 bits per heavy atom. The molecule has 0 saturated heterocycles. The molecule has 146 valence electrons. The van der Waals surface area contributed by atoms with Gasteiger partial charge in [-0.1, -0.05) is 61.0 Å². The highest BCUT2D eigenvalue weighted by Crippen LogP contribution is 2.31. The third kappa shape index (κ3) is 4.93. The van der Waals surface area contributed by atoms with Crippen LogP contribution in [0.2, 0.25) is 0 Å². The summed E-state index contributed by atoms with van der Waals surface area (Å²) in [5.41, 5.74) is 14.3. The maximum absolute atomic E-state index is 6.22. The molecule has 0 bridgehead atoms. The van der Waals surface area contributed by atoms with Gasteiger partial charge in [-0.15, -0.1) is 0 Å². The van der Waals surface area contributed by atoms with E-state index >= 15 is 0 Å². The first-order valence-corrected chi connectivity index (χ1v) is 9.99. The molecule has 1 aliphatic rings. The summed E-state index contributed by atoms with van der Waals surface area (Å²) >= 11 is 0. The minimum Gasteiger partial charge on any atom is -0.399 e. The van der Waals surface area contributed by atoms with Crippen LogP contribution in [0.25, 0.3) is 0 Å². The number of nitrogen functional groups attached to an aromatic ring is 1. The van der Waals surface area contributed by atoms with Crippen LogP contribution < -0.4 is 16.6 Å². The zero-order chi connectivity index (χ0) is 20.1. The fourth-order valence-corrected chi connectivity index (χ4v) is 3.83. The number of hydrogen-bond acceptors (Lipinski definition) is 3. The first kappa shape index (κ1) is 20.0. The Morgan fingerprint density at radius 2 is 1.64 bits per heavy atom. The van der Waals surface area contributed by atoms with Gasteiger partial charge in [0.15, 0.2) is 0 Å². The van der Waals surface area contributed by atoms with Crippen LogP contribution in [0.1, 0.15) is 34.7 Å². The van der Waals surface area contributed by atoms with Gasteiger partial charge in [-0.3, -0.25) is 0 Å². The zero-order valence-electron chi connectivity index (χ0n) is 17.2. The quantitative estimate of drug-likeness (QED) is 0.503. The Hall–Kier alpha value is -2.78. The minimum atomic E-state index is 0.379. The summed E-state index contributed by atoms with van der Waals surface area (Å²) in [6.45, 7) is 6.33. The van der Waals surface area contributed by atoms with Crippen LogP contribution in [0.5, 0.6) is 0 Å². The molecule has 4 rings (SSSR count). The first-order chi connectivity index (χ1) is 13.5. The van der Waals surface area contributed by atoms with Gasteiger partial charge in [0.05, 0.1) is 11.7 Å². The molecule has 0 amide bonds. The summed E-state index contributed by atoms with van der Waals surface area (Å²) in [7, 11) is 0. The van der Waals surface area contributed by atoms with Crippen molar-refractivity contribution < 1.29 is 0 Å². The smallest absolute Gasteiger partial charge is 0.0553 e. The molecule has 1 aliphatic heterocycles.